The maximum Gasteiger partial charge on any atom is 0.335 e. The van der Waals surface area contributed by atoms with Crippen molar-refractivity contribution >= 4 is 46.3 Å². The predicted molar refractivity (Wildman–Crippen MR) is 87.8 cm³/mol. The molecule has 5 nitrogen and oxygen atoms in total. The molecule has 2 N–H and O–H groups in total. The van der Waals surface area contributed by atoms with Gasteiger partial charge in [-0.1, -0.05) is 24.4 Å². The van der Waals surface area contributed by atoms with E-state index < -0.39 is 5.97 Å². The topological polar surface area (TPSA) is 79.5 Å². The van der Waals surface area contributed by atoms with E-state index in [4.69, 9.17) is 21.7 Å². The first-order chi connectivity index (χ1) is 10.5. The Hall–Kier alpha value is -2.38. The number of hydrogen-bond donors (Lipinski definition) is 2. The van der Waals surface area contributed by atoms with Crippen molar-refractivity contribution in [3.8, 4) is 11.3 Å². The van der Waals surface area contributed by atoms with Crippen molar-refractivity contribution < 1.29 is 19.1 Å². The smallest absolute Gasteiger partial charge is 0.335 e. The number of carboxylic acids is 1. The Kier molecular flexibility index (Phi) is 3.82. The Labute approximate surface area is 135 Å². The van der Waals surface area contributed by atoms with Crippen LogP contribution < -0.4 is 5.32 Å². The van der Waals surface area contributed by atoms with Crippen LogP contribution in [-0.2, 0) is 0 Å². The fourth-order valence-electron chi connectivity index (χ4n) is 1.91. The van der Waals surface area contributed by atoms with Gasteiger partial charge in [0.15, 0.2) is 0 Å². The van der Waals surface area contributed by atoms with Gasteiger partial charge in [0.25, 0.3) is 5.24 Å². The normalized spacial score (nSPS) is 16.1. The number of benzene rings is 1. The minimum Gasteiger partial charge on any atom is -0.478 e. The fourth-order valence-corrected chi connectivity index (χ4v) is 2.93. The number of nitrogens with one attached hydrogen (secondary N) is 1. The van der Waals surface area contributed by atoms with E-state index >= 15 is 0 Å². The summed E-state index contributed by atoms with van der Waals surface area (Å²) in [5, 5.41) is 11.2. The first-order valence-electron chi connectivity index (χ1n) is 6.21. The summed E-state index contributed by atoms with van der Waals surface area (Å²) >= 11 is 6.06. The molecular formula is C15H9NO4S2. The molecule has 0 spiro atoms. The first kappa shape index (κ1) is 14.6. The van der Waals surface area contributed by atoms with E-state index in [9.17, 15) is 9.59 Å². The fraction of sp³-hybridized carbons (Fsp3) is 0. The summed E-state index contributed by atoms with van der Waals surface area (Å²) in [7, 11) is 0. The van der Waals surface area contributed by atoms with Crippen molar-refractivity contribution in [1.29, 1.82) is 0 Å². The summed E-state index contributed by atoms with van der Waals surface area (Å²) in [5.74, 6) is 0.205. The summed E-state index contributed by atoms with van der Waals surface area (Å²) < 4.78 is 5.68. The standard InChI is InChI=1S/C15H9NO4S2/c17-14(18)9-3-1-8(2-4-9)11-6-5-10(20-11)7-12-13(21)16-15(19)22-12/h1-7H,(H,17,18)(H,16,19,21)/b12-7-. The molecule has 0 bridgehead atoms. The number of carbonyl (C=O) groups excluding carboxylic acids is 1. The molecule has 0 unspecified atom stereocenters. The maximum absolute atomic E-state index is 11.2. The van der Waals surface area contributed by atoms with Crippen LogP contribution in [0.25, 0.3) is 17.4 Å². The van der Waals surface area contributed by atoms with E-state index in [1.165, 1.54) is 12.1 Å². The molecular weight excluding hydrogens is 322 g/mol. The van der Waals surface area contributed by atoms with Crippen LogP contribution in [0.5, 0.6) is 0 Å². The lowest BCUT2D eigenvalue weighted by Crippen LogP contribution is -2.15. The second-order valence-electron chi connectivity index (χ2n) is 4.44. The molecule has 3 rings (SSSR count). The van der Waals surface area contributed by atoms with Crippen molar-refractivity contribution in [3.63, 3.8) is 0 Å². The maximum atomic E-state index is 11.2. The van der Waals surface area contributed by atoms with E-state index in [-0.39, 0.29) is 10.8 Å². The van der Waals surface area contributed by atoms with Gasteiger partial charge < -0.3 is 14.8 Å². The van der Waals surface area contributed by atoms with Gasteiger partial charge in [-0.3, -0.25) is 4.79 Å². The van der Waals surface area contributed by atoms with Gasteiger partial charge in [0, 0.05) is 5.56 Å². The van der Waals surface area contributed by atoms with Crippen LogP contribution in [-0.4, -0.2) is 21.3 Å². The van der Waals surface area contributed by atoms with Crippen LogP contribution in [0.3, 0.4) is 0 Å². The lowest BCUT2D eigenvalue weighted by molar-refractivity contribution is 0.0697. The second kappa shape index (κ2) is 5.78. The van der Waals surface area contributed by atoms with Gasteiger partial charge in [-0.2, -0.15) is 0 Å². The van der Waals surface area contributed by atoms with Crippen LogP contribution in [0.15, 0.2) is 45.7 Å². The highest BCUT2D eigenvalue weighted by Gasteiger charge is 2.22. The molecule has 0 saturated carbocycles. The number of aromatic carboxylic acids is 1. The van der Waals surface area contributed by atoms with E-state index in [0.717, 1.165) is 17.3 Å². The van der Waals surface area contributed by atoms with Crippen molar-refractivity contribution in [3.05, 3.63) is 52.6 Å². The Morgan fingerprint density at radius 2 is 1.95 bits per heavy atom. The number of amides is 1. The van der Waals surface area contributed by atoms with Gasteiger partial charge in [-0.25, -0.2) is 4.79 Å². The largest absolute Gasteiger partial charge is 0.478 e. The number of rotatable bonds is 3. The third-order valence-corrected chi connectivity index (χ3v) is 4.24. The molecule has 1 aromatic heterocycles. The monoisotopic (exact) mass is 331 g/mol. The molecule has 22 heavy (non-hydrogen) atoms. The van der Waals surface area contributed by atoms with Gasteiger partial charge in [0.1, 0.15) is 16.5 Å². The lowest BCUT2D eigenvalue weighted by atomic mass is 10.1. The average molecular weight is 331 g/mol. The van der Waals surface area contributed by atoms with Crippen LogP contribution in [0, 0.1) is 0 Å². The molecule has 2 heterocycles. The van der Waals surface area contributed by atoms with Crippen molar-refractivity contribution in [2.45, 2.75) is 0 Å². The first-order valence-corrected chi connectivity index (χ1v) is 7.44. The minimum absolute atomic E-state index is 0.202. The van der Waals surface area contributed by atoms with Gasteiger partial charge in [-0.05, 0) is 42.1 Å². The zero-order valence-corrected chi connectivity index (χ0v) is 12.7. The number of thiocarbonyl (C=S) groups is 1. The molecule has 0 aliphatic carbocycles. The summed E-state index contributed by atoms with van der Waals surface area (Å²) in [6.07, 6.45) is 1.69. The van der Waals surface area contributed by atoms with Gasteiger partial charge >= 0.3 is 5.97 Å². The summed E-state index contributed by atoms with van der Waals surface area (Å²) in [6.45, 7) is 0. The average Bonchev–Trinajstić information content (AvgIpc) is 3.06. The highest BCUT2D eigenvalue weighted by Crippen LogP contribution is 2.29. The molecule has 0 atom stereocenters. The number of carbonyl (C=O) groups is 2. The van der Waals surface area contributed by atoms with Crippen molar-refractivity contribution in [2.24, 2.45) is 0 Å². The SMILES string of the molecule is O=C1NC(=S)/C(=C/c2ccc(-c3ccc(C(=O)O)cc3)o2)S1. The van der Waals surface area contributed by atoms with Gasteiger partial charge in [-0.15, -0.1) is 0 Å². The zero-order valence-electron chi connectivity index (χ0n) is 11.0. The third-order valence-electron chi connectivity index (χ3n) is 2.96. The third kappa shape index (κ3) is 2.95. The summed E-state index contributed by atoms with van der Waals surface area (Å²) in [6, 6.07) is 9.93. The molecule has 2 aromatic rings. The quantitative estimate of drug-likeness (QED) is 0.658. The zero-order chi connectivity index (χ0) is 15.7. The van der Waals surface area contributed by atoms with E-state index in [1.54, 1.807) is 30.3 Å². The Morgan fingerprint density at radius 1 is 1.23 bits per heavy atom. The minimum atomic E-state index is -0.972. The Balaban J connectivity index is 1.85. The highest BCUT2D eigenvalue weighted by atomic mass is 32.2. The lowest BCUT2D eigenvalue weighted by Gasteiger charge is -1.98. The van der Waals surface area contributed by atoms with E-state index in [2.05, 4.69) is 5.32 Å². The van der Waals surface area contributed by atoms with Gasteiger partial charge in [0.05, 0.1) is 10.5 Å². The molecule has 1 aliphatic heterocycles. The number of thioether (sulfide) groups is 1. The molecule has 1 amide bonds. The summed E-state index contributed by atoms with van der Waals surface area (Å²) in [5.41, 5.74) is 0.987. The van der Waals surface area contributed by atoms with Crippen LogP contribution in [0.2, 0.25) is 0 Å². The van der Waals surface area contributed by atoms with Crippen molar-refractivity contribution in [1.82, 2.24) is 5.32 Å². The second-order valence-corrected chi connectivity index (χ2v) is 5.86. The van der Waals surface area contributed by atoms with E-state index in [1.807, 2.05) is 0 Å². The molecule has 0 radical (unpaired) electrons. The van der Waals surface area contributed by atoms with Crippen LogP contribution in [0.1, 0.15) is 16.1 Å². The molecule has 7 heteroatoms. The molecule has 1 aromatic carbocycles. The Morgan fingerprint density at radius 3 is 2.55 bits per heavy atom. The van der Waals surface area contributed by atoms with E-state index in [0.29, 0.717) is 21.4 Å². The van der Waals surface area contributed by atoms with Crippen molar-refractivity contribution in [2.75, 3.05) is 0 Å². The molecule has 1 saturated heterocycles. The predicted octanol–water partition coefficient (Wildman–Crippen LogP) is 3.77. The number of carboxylic acid groups (broad SMARTS) is 1. The van der Waals surface area contributed by atoms with Crippen LogP contribution >= 0.6 is 24.0 Å². The molecule has 110 valence electrons. The highest BCUT2D eigenvalue weighted by molar-refractivity contribution is 8.19. The number of furan rings is 1. The van der Waals surface area contributed by atoms with Gasteiger partial charge in [0.2, 0.25) is 0 Å². The molecule has 1 fully saturated rings. The molecule has 1 aliphatic rings. The number of hydrogen-bond acceptors (Lipinski definition) is 5. The Bertz CT molecular complexity index is 805. The van der Waals surface area contributed by atoms with Crippen LogP contribution in [0.4, 0.5) is 4.79 Å². The summed E-state index contributed by atoms with van der Waals surface area (Å²) in [4.78, 5) is 23.1.